The molecule has 0 spiro atoms. The van der Waals surface area contributed by atoms with Crippen LogP contribution >= 0.6 is 0 Å². The molecule has 2 N–H and O–H groups in total. The molecule has 0 amide bonds. The number of aromatic carboxylic acids is 2. The fraction of sp³-hybridized carbons (Fsp3) is 0. The van der Waals surface area contributed by atoms with Gasteiger partial charge in [0.2, 0.25) is 0 Å². The van der Waals surface area contributed by atoms with E-state index < -0.39 is 11.9 Å². The minimum atomic E-state index is -1.30. The van der Waals surface area contributed by atoms with Gasteiger partial charge >= 0.3 is 11.9 Å². The Labute approximate surface area is 190 Å². The third kappa shape index (κ3) is 9.39. The molecule has 4 rings (SSSR count). The van der Waals surface area contributed by atoms with E-state index in [2.05, 4.69) is 36.0 Å². The van der Waals surface area contributed by atoms with Gasteiger partial charge in [-0.2, -0.15) is 0 Å². The molecule has 11 heteroatoms. The van der Waals surface area contributed by atoms with Crippen LogP contribution < -0.4 is 0 Å². The number of hydrogen-bond acceptors (Lipinski definition) is 8. The van der Waals surface area contributed by atoms with Gasteiger partial charge in [0, 0.05) is 44.9 Å². The minimum absolute atomic E-state index is 0. The summed E-state index contributed by atoms with van der Waals surface area (Å²) in [5.41, 5.74) is 0.169. The van der Waals surface area contributed by atoms with Crippen LogP contribution in [0.1, 0.15) is 21.0 Å². The fourth-order valence-electron chi connectivity index (χ4n) is 1.80. The van der Waals surface area contributed by atoms with E-state index in [1.54, 1.807) is 36.9 Å². The van der Waals surface area contributed by atoms with Crippen molar-refractivity contribution in [3.05, 3.63) is 97.4 Å². The van der Waals surface area contributed by atoms with Crippen molar-refractivity contribution in [3.63, 3.8) is 0 Å². The molecule has 10 nitrogen and oxygen atoms in total. The maximum atomic E-state index is 10.3. The molecule has 0 saturated heterocycles. The van der Waals surface area contributed by atoms with Gasteiger partial charge < -0.3 is 10.2 Å². The predicted octanol–water partition coefficient (Wildman–Crippen LogP) is 2.29. The second kappa shape index (κ2) is 14.1. The SMILES string of the molecule is O=C(O)c1cncc(C(=O)O)n1.[Ir].[c-]1ccccc1-c1ncccn1.c1cncnc1. The van der Waals surface area contributed by atoms with E-state index in [0.29, 0.717) is 0 Å². The van der Waals surface area contributed by atoms with Gasteiger partial charge in [-0.15, -0.1) is 35.9 Å². The number of rotatable bonds is 3. The van der Waals surface area contributed by atoms with Gasteiger partial charge in [-0.3, -0.25) is 15.0 Å². The summed E-state index contributed by atoms with van der Waals surface area (Å²) in [5.74, 6) is -1.88. The van der Waals surface area contributed by atoms with E-state index in [-0.39, 0.29) is 31.5 Å². The minimum Gasteiger partial charge on any atom is -0.476 e. The predicted molar refractivity (Wildman–Crippen MR) is 104 cm³/mol. The molecular formula is C20H15IrN6O4-. The van der Waals surface area contributed by atoms with Crippen molar-refractivity contribution in [2.75, 3.05) is 0 Å². The van der Waals surface area contributed by atoms with Gasteiger partial charge in [-0.05, 0) is 12.1 Å². The Bertz CT molecular complexity index is 963. The Hall–Kier alpha value is -3.95. The van der Waals surface area contributed by atoms with Crippen molar-refractivity contribution >= 4 is 11.9 Å². The molecule has 1 aromatic carbocycles. The van der Waals surface area contributed by atoms with Gasteiger partial charge in [0.15, 0.2) is 11.4 Å². The Morgan fingerprint density at radius 2 is 1.35 bits per heavy atom. The summed E-state index contributed by atoms with van der Waals surface area (Å²) in [5, 5.41) is 16.8. The van der Waals surface area contributed by atoms with E-state index in [4.69, 9.17) is 10.2 Å². The Balaban J connectivity index is 0.000000241. The molecule has 3 heterocycles. The zero-order valence-electron chi connectivity index (χ0n) is 15.7. The van der Waals surface area contributed by atoms with E-state index in [9.17, 15) is 9.59 Å². The summed E-state index contributed by atoms with van der Waals surface area (Å²) in [4.78, 5) is 42.8. The average Bonchev–Trinajstić information content (AvgIpc) is 2.82. The molecule has 0 fully saturated rings. The molecule has 31 heavy (non-hydrogen) atoms. The quantitative estimate of drug-likeness (QED) is 0.338. The summed E-state index contributed by atoms with van der Waals surface area (Å²) in [6.07, 6.45) is 10.3. The monoisotopic (exact) mass is 596 g/mol. The number of carbonyl (C=O) groups is 2. The molecular weight excluding hydrogens is 580 g/mol. The molecule has 0 unspecified atom stereocenters. The normalized spacial score (nSPS) is 8.90. The van der Waals surface area contributed by atoms with E-state index in [1.807, 2.05) is 24.3 Å². The third-order valence-corrected chi connectivity index (χ3v) is 3.07. The van der Waals surface area contributed by atoms with Crippen LogP contribution in [0.4, 0.5) is 0 Å². The zero-order chi connectivity index (χ0) is 21.6. The summed E-state index contributed by atoms with van der Waals surface area (Å²) in [7, 11) is 0. The summed E-state index contributed by atoms with van der Waals surface area (Å²) < 4.78 is 0. The van der Waals surface area contributed by atoms with Gasteiger partial charge in [-0.1, -0.05) is 0 Å². The molecule has 4 aromatic rings. The first-order valence-corrected chi connectivity index (χ1v) is 8.30. The van der Waals surface area contributed by atoms with Crippen molar-refractivity contribution in [1.82, 2.24) is 29.9 Å². The summed E-state index contributed by atoms with van der Waals surface area (Å²) >= 11 is 0. The van der Waals surface area contributed by atoms with Gasteiger partial charge in [0.25, 0.3) is 0 Å². The fourth-order valence-corrected chi connectivity index (χ4v) is 1.80. The maximum Gasteiger partial charge on any atom is 0.356 e. The molecule has 3 aromatic heterocycles. The van der Waals surface area contributed by atoms with E-state index in [1.165, 1.54) is 6.33 Å². The van der Waals surface area contributed by atoms with Crippen molar-refractivity contribution in [2.45, 2.75) is 0 Å². The van der Waals surface area contributed by atoms with E-state index in [0.717, 1.165) is 23.8 Å². The Morgan fingerprint density at radius 3 is 1.77 bits per heavy atom. The maximum absolute atomic E-state index is 10.3. The molecule has 0 saturated carbocycles. The Kier molecular flexibility index (Phi) is 11.4. The molecule has 0 bridgehead atoms. The molecule has 159 valence electrons. The van der Waals surface area contributed by atoms with Crippen LogP contribution in [0.15, 0.2) is 79.9 Å². The van der Waals surface area contributed by atoms with Crippen LogP contribution in [-0.4, -0.2) is 52.1 Å². The van der Waals surface area contributed by atoms with Crippen LogP contribution in [0, 0.1) is 6.07 Å². The first-order valence-electron chi connectivity index (χ1n) is 8.30. The molecule has 0 aliphatic rings. The summed E-state index contributed by atoms with van der Waals surface area (Å²) in [6.45, 7) is 0. The number of hydrogen-bond donors (Lipinski definition) is 2. The van der Waals surface area contributed by atoms with Crippen molar-refractivity contribution in [3.8, 4) is 11.4 Å². The number of carboxylic acids is 2. The molecule has 0 aliphatic heterocycles. The van der Waals surface area contributed by atoms with Gasteiger partial charge in [0.1, 0.15) is 6.33 Å². The number of nitrogens with zero attached hydrogens (tertiary/aromatic N) is 6. The third-order valence-electron chi connectivity index (χ3n) is 3.07. The second-order valence-electron chi connectivity index (χ2n) is 5.15. The van der Waals surface area contributed by atoms with Crippen LogP contribution in [0.2, 0.25) is 0 Å². The number of benzene rings is 1. The average molecular weight is 596 g/mol. The molecule has 0 aliphatic carbocycles. The standard InChI is InChI=1S/C10H7N2.C6H4N2O4.C4H4N2.Ir/c1-2-5-9(6-3-1)10-11-7-4-8-12-10;9-5(10)3-1-7-2-4(8-3)6(11)12;1-2-5-4-6-3-1;/h1-5,7-8H;1-2H,(H,9,10)(H,11,12);1-4H;/q-1;;;. The second-order valence-corrected chi connectivity index (χ2v) is 5.15. The van der Waals surface area contributed by atoms with Crippen LogP contribution in [0.3, 0.4) is 0 Å². The number of carboxylic acid groups (broad SMARTS) is 2. The van der Waals surface area contributed by atoms with Gasteiger partial charge in [-0.25, -0.2) is 24.5 Å². The first-order chi connectivity index (χ1) is 14.6. The largest absolute Gasteiger partial charge is 0.476 e. The van der Waals surface area contributed by atoms with Crippen LogP contribution in [-0.2, 0) is 20.1 Å². The van der Waals surface area contributed by atoms with Crippen molar-refractivity contribution < 1.29 is 39.9 Å². The topological polar surface area (TPSA) is 152 Å². The van der Waals surface area contributed by atoms with Crippen LogP contribution in [0.25, 0.3) is 11.4 Å². The summed E-state index contributed by atoms with van der Waals surface area (Å²) in [6, 6.07) is 14.3. The smallest absolute Gasteiger partial charge is 0.356 e. The van der Waals surface area contributed by atoms with E-state index >= 15 is 0 Å². The van der Waals surface area contributed by atoms with Crippen molar-refractivity contribution in [1.29, 1.82) is 0 Å². The Morgan fingerprint density at radius 1 is 0.774 bits per heavy atom. The molecule has 1 radical (unpaired) electrons. The first kappa shape index (κ1) is 25.1. The number of aromatic nitrogens is 6. The zero-order valence-corrected chi connectivity index (χ0v) is 18.1. The molecule has 0 atom stereocenters. The van der Waals surface area contributed by atoms with Crippen LogP contribution in [0.5, 0.6) is 0 Å². The van der Waals surface area contributed by atoms with Crippen molar-refractivity contribution in [2.24, 2.45) is 0 Å². The van der Waals surface area contributed by atoms with Gasteiger partial charge in [0.05, 0.1) is 18.2 Å².